The number of hydrogen-bond donors (Lipinski definition) is 3. The van der Waals surface area contributed by atoms with Crippen molar-refractivity contribution in [2.45, 2.75) is 49.3 Å². The van der Waals surface area contributed by atoms with Gasteiger partial charge in [-0.25, -0.2) is 13.1 Å². The van der Waals surface area contributed by atoms with Crippen molar-refractivity contribution in [3.8, 4) is 0 Å². The molecule has 0 saturated carbocycles. The van der Waals surface area contributed by atoms with Crippen LogP contribution in [0.1, 0.15) is 42.9 Å². The van der Waals surface area contributed by atoms with Crippen molar-refractivity contribution in [1.82, 2.24) is 14.9 Å². The van der Waals surface area contributed by atoms with Gasteiger partial charge in [-0.2, -0.15) is 0 Å². The molecule has 3 N–H and O–H groups in total. The second-order valence-corrected chi connectivity index (χ2v) is 9.86. The summed E-state index contributed by atoms with van der Waals surface area (Å²) < 4.78 is 25.7. The molecule has 1 aliphatic carbocycles. The van der Waals surface area contributed by atoms with E-state index in [4.69, 9.17) is 0 Å². The van der Waals surface area contributed by atoms with Crippen LogP contribution in [0.25, 0.3) is 0 Å². The summed E-state index contributed by atoms with van der Waals surface area (Å²) in [5.41, 5.74) is 2.43. The van der Waals surface area contributed by atoms with Gasteiger partial charge in [-0.15, -0.1) is 0 Å². The molecule has 3 aliphatic rings. The highest BCUT2D eigenvalue weighted by molar-refractivity contribution is 7.88. The highest BCUT2D eigenvalue weighted by Crippen LogP contribution is 2.52. The van der Waals surface area contributed by atoms with Crippen molar-refractivity contribution in [3.63, 3.8) is 0 Å². The van der Waals surface area contributed by atoms with Crippen LogP contribution in [0, 0.1) is 0 Å². The van der Waals surface area contributed by atoms with E-state index in [2.05, 4.69) is 39.2 Å². The molecule has 1 aromatic carbocycles. The van der Waals surface area contributed by atoms with Gasteiger partial charge in [0, 0.05) is 24.5 Å². The van der Waals surface area contributed by atoms with Crippen molar-refractivity contribution < 1.29 is 13.5 Å². The largest absolute Gasteiger partial charge is 0.390 e. The van der Waals surface area contributed by atoms with E-state index >= 15 is 0 Å². The van der Waals surface area contributed by atoms with E-state index in [1.807, 2.05) is 0 Å². The van der Waals surface area contributed by atoms with Gasteiger partial charge in [-0.3, -0.25) is 4.90 Å². The number of nitrogens with one attached hydrogen (secondary N) is 2. The number of hydrogen-bond acceptors (Lipinski definition) is 5. The molecule has 1 aromatic rings. The number of nitrogens with zero attached hydrogens (tertiary/aromatic N) is 1. The molecule has 7 heteroatoms. The number of aliphatic hydroxyl groups is 1. The van der Waals surface area contributed by atoms with Gasteiger partial charge in [0.1, 0.15) is 0 Å². The van der Waals surface area contributed by atoms with E-state index in [0.29, 0.717) is 0 Å². The third kappa shape index (κ3) is 3.20. The lowest BCUT2D eigenvalue weighted by Crippen LogP contribution is -2.51. The Morgan fingerprint density at radius 3 is 2.50 bits per heavy atom. The summed E-state index contributed by atoms with van der Waals surface area (Å²) >= 11 is 0. The van der Waals surface area contributed by atoms with Gasteiger partial charge >= 0.3 is 0 Å². The van der Waals surface area contributed by atoms with E-state index in [1.54, 1.807) is 0 Å². The second-order valence-electron chi connectivity index (χ2n) is 8.08. The van der Waals surface area contributed by atoms with Crippen LogP contribution >= 0.6 is 0 Å². The molecule has 4 rings (SSSR count). The molecular formula is C19H29N3O3S. The van der Waals surface area contributed by atoms with Crippen LogP contribution in [-0.4, -0.2) is 63.0 Å². The first-order valence-electron chi connectivity index (χ1n) is 9.60. The molecule has 0 amide bonds. The summed E-state index contributed by atoms with van der Waals surface area (Å²) in [6.07, 6.45) is 4.32. The lowest BCUT2D eigenvalue weighted by atomic mass is 9.72. The van der Waals surface area contributed by atoms with Gasteiger partial charge < -0.3 is 10.4 Å². The highest BCUT2D eigenvalue weighted by Gasteiger charge is 2.53. The second kappa shape index (κ2) is 6.87. The van der Waals surface area contributed by atoms with Gasteiger partial charge in [0.15, 0.2) is 0 Å². The monoisotopic (exact) mass is 379 g/mol. The van der Waals surface area contributed by atoms with E-state index in [1.165, 1.54) is 17.4 Å². The number of rotatable bonds is 3. The first-order valence-corrected chi connectivity index (χ1v) is 11.5. The van der Waals surface area contributed by atoms with Crippen LogP contribution in [0.15, 0.2) is 24.3 Å². The van der Waals surface area contributed by atoms with Crippen LogP contribution in [0.5, 0.6) is 0 Å². The van der Waals surface area contributed by atoms with Crippen molar-refractivity contribution in [3.05, 3.63) is 35.4 Å². The predicted molar refractivity (Wildman–Crippen MR) is 102 cm³/mol. The fraction of sp³-hybridized carbons (Fsp3) is 0.684. The van der Waals surface area contributed by atoms with Crippen LogP contribution in [0.4, 0.5) is 0 Å². The molecule has 0 aromatic heterocycles. The summed E-state index contributed by atoms with van der Waals surface area (Å²) in [4.78, 5) is 2.36. The Morgan fingerprint density at radius 2 is 1.85 bits per heavy atom. The lowest BCUT2D eigenvalue weighted by molar-refractivity contribution is -0.00980. The first kappa shape index (κ1) is 18.4. The summed E-state index contributed by atoms with van der Waals surface area (Å²) in [6.45, 7) is 3.49. The predicted octanol–water partition coefficient (Wildman–Crippen LogP) is 0.737. The molecule has 2 saturated heterocycles. The van der Waals surface area contributed by atoms with Crippen LogP contribution in [-0.2, 0) is 15.4 Å². The summed E-state index contributed by atoms with van der Waals surface area (Å²) in [6, 6.07) is 8.53. The highest BCUT2D eigenvalue weighted by atomic mass is 32.2. The van der Waals surface area contributed by atoms with Crippen molar-refractivity contribution >= 4 is 10.0 Å². The summed E-state index contributed by atoms with van der Waals surface area (Å²) in [5.74, 6) is 0. The molecule has 6 nitrogen and oxygen atoms in total. The Balaban J connectivity index is 1.56. The minimum Gasteiger partial charge on any atom is -0.390 e. The Hall–Kier alpha value is -0.990. The average molecular weight is 380 g/mol. The Kier molecular flexibility index (Phi) is 4.86. The number of likely N-dealkylation sites (tertiary alicyclic amines) is 1. The number of benzene rings is 1. The lowest BCUT2D eigenvalue weighted by Gasteiger charge is -2.42. The van der Waals surface area contributed by atoms with Crippen LogP contribution < -0.4 is 10.0 Å². The normalized spacial score (nSPS) is 29.8. The third-order valence-corrected chi connectivity index (χ3v) is 7.24. The molecule has 0 unspecified atom stereocenters. The van der Waals surface area contributed by atoms with Gasteiger partial charge in [0.25, 0.3) is 0 Å². The fourth-order valence-electron chi connectivity index (χ4n) is 5.27. The quantitative estimate of drug-likeness (QED) is 0.722. The van der Waals surface area contributed by atoms with Gasteiger partial charge in [0.05, 0.1) is 18.4 Å². The zero-order valence-corrected chi connectivity index (χ0v) is 16.1. The van der Waals surface area contributed by atoms with E-state index in [0.717, 1.165) is 51.9 Å². The maximum atomic E-state index is 11.5. The van der Waals surface area contributed by atoms with E-state index in [9.17, 15) is 13.5 Å². The van der Waals surface area contributed by atoms with Crippen LogP contribution in [0.3, 0.4) is 0 Å². The smallest absolute Gasteiger partial charge is 0.208 e. The Morgan fingerprint density at radius 1 is 1.19 bits per heavy atom. The zero-order valence-electron chi connectivity index (χ0n) is 15.3. The number of piperidine rings is 2. The maximum Gasteiger partial charge on any atom is 0.208 e. The average Bonchev–Trinajstić information content (AvgIpc) is 2.84. The molecule has 2 heterocycles. The van der Waals surface area contributed by atoms with Gasteiger partial charge in [0.2, 0.25) is 10.0 Å². The molecule has 2 fully saturated rings. The standard InChI is InChI=1S/C19H29N3O3S/c1-26(24,25)21-14-6-12-22(13-7-14)17-15-4-2-3-5-16(15)19(18(17)23)8-10-20-11-9-19/h2-5,14,17-18,20-21,23H,6-13H2,1H3/t17-,18+/m1/s1. The SMILES string of the molecule is CS(=O)(=O)NC1CCN([C@@H]2c3ccccc3C3(CCNCC3)[C@H]2O)CC1. The Labute approximate surface area is 156 Å². The van der Waals surface area contributed by atoms with E-state index < -0.39 is 16.1 Å². The van der Waals surface area contributed by atoms with Crippen molar-refractivity contribution in [2.75, 3.05) is 32.4 Å². The molecule has 2 atom stereocenters. The summed E-state index contributed by atoms with van der Waals surface area (Å²) in [7, 11) is -3.17. The van der Waals surface area contributed by atoms with Crippen molar-refractivity contribution in [1.29, 1.82) is 0 Å². The molecule has 2 aliphatic heterocycles. The third-order valence-electron chi connectivity index (χ3n) is 6.48. The molecular weight excluding hydrogens is 350 g/mol. The summed E-state index contributed by atoms with van der Waals surface area (Å²) in [5, 5.41) is 14.8. The topological polar surface area (TPSA) is 81.7 Å². The van der Waals surface area contributed by atoms with Crippen LogP contribution in [0.2, 0.25) is 0 Å². The van der Waals surface area contributed by atoms with E-state index in [-0.39, 0.29) is 17.5 Å². The number of fused-ring (bicyclic) bond motifs is 2. The first-order chi connectivity index (χ1) is 12.4. The molecule has 26 heavy (non-hydrogen) atoms. The van der Waals surface area contributed by atoms with Gasteiger partial charge in [-0.05, 0) is 49.9 Å². The minimum absolute atomic E-state index is 0.00267. The molecule has 1 spiro atoms. The molecule has 144 valence electrons. The maximum absolute atomic E-state index is 11.5. The number of sulfonamides is 1. The molecule has 0 radical (unpaired) electrons. The number of aliphatic hydroxyl groups excluding tert-OH is 1. The Bertz CT molecular complexity index is 753. The zero-order chi connectivity index (χ0) is 18.4. The van der Waals surface area contributed by atoms with Gasteiger partial charge in [-0.1, -0.05) is 24.3 Å². The minimum atomic E-state index is -3.17. The fourth-order valence-corrected chi connectivity index (χ4v) is 6.11. The molecule has 0 bridgehead atoms. The van der Waals surface area contributed by atoms with Crippen molar-refractivity contribution in [2.24, 2.45) is 0 Å².